The summed E-state index contributed by atoms with van der Waals surface area (Å²) in [5, 5.41) is 0. The Morgan fingerprint density at radius 2 is 1.97 bits per heavy atom. The molecule has 1 aromatic carbocycles. The molecule has 0 aliphatic carbocycles. The van der Waals surface area contributed by atoms with Crippen LogP contribution in [0.15, 0.2) is 45.9 Å². The van der Waals surface area contributed by atoms with Gasteiger partial charge >= 0.3 is 0 Å². The van der Waals surface area contributed by atoms with E-state index in [4.69, 9.17) is 4.42 Å². The summed E-state index contributed by atoms with van der Waals surface area (Å²) in [5.74, 6) is 0.202. The van der Waals surface area contributed by atoms with Crippen molar-refractivity contribution in [2.75, 3.05) is 25.5 Å². The van der Waals surface area contributed by atoms with E-state index in [2.05, 4.69) is 0 Å². The summed E-state index contributed by atoms with van der Waals surface area (Å²) in [5.41, 5.74) is 1.55. The molecule has 1 aliphatic rings. The van der Waals surface area contributed by atoms with Crippen molar-refractivity contribution in [1.82, 2.24) is 9.21 Å². The SMILES string of the molecule is CC(=O)N1c2ccc(S(=O)(=O)N(C)CC(=O)N(C)Cc3ccco3)cc2CC1C. The lowest BCUT2D eigenvalue weighted by atomic mass is 10.1. The molecular formula is C20H25N3O5S. The number of anilines is 1. The molecule has 2 heterocycles. The van der Waals surface area contributed by atoms with Gasteiger partial charge in [-0.2, -0.15) is 4.31 Å². The molecule has 1 aromatic heterocycles. The van der Waals surface area contributed by atoms with Crippen molar-refractivity contribution in [3.8, 4) is 0 Å². The van der Waals surface area contributed by atoms with Gasteiger partial charge in [0.15, 0.2) is 0 Å². The largest absolute Gasteiger partial charge is 0.467 e. The van der Waals surface area contributed by atoms with Gasteiger partial charge in [0.25, 0.3) is 0 Å². The number of sulfonamides is 1. The van der Waals surface area contributed by atoms with Crippen molar-refractivity contribution < 1.29 is 22.4 Å². The van der Waals surface area contributed by atoms with Gasteiger partial charge < -0.3 is 14.2 Å². The summed E-state index contributed by atoms with van der Waals surface area (Å²) in [7, 11) is -0.871. The number of nitrogens with zero attached hydrogens (tertiary/aromatic N) is 3. The highest BCUT2D eigenvalue weighted by Crippen LogP contribution is 2.34. The first-order valence-electron chi connectivity index (χ1n) is 9.26. The van der Waals surface area contributed by atoms with E-state index in [1.165, 1.54) is 31.2 Å². The maximum atomic E-state index is 13.0. The molecule has 2 aromatic rings. The number of hydrogen-bond acceptors (Lipinski definition) is 5. The number of furan rings is 1. The van der Waals surface area contributed by atoms with Crippen molar-refractivity contribution in [3.05, 3.63) is 47.9 Å². The number of amides is 2. The van der Waals surface area contributed by atoms with Gasteiger partial charge in [-0.1, -0.05) is 0 Å². The van der Waals surface area contributed by atoms with E-state index in [0.717, 1.165) is 15.6 Å². The molecule has 1 atom stereocenters. The minimum Gasteiger partial charge on any atom is -0.467 e. The van der Waals surface area contributed by atoms with Crippen molar-refractivity contribution in [2.45, 2.75) is 37.8 Å². The second-order valence-electron chi connectivity index (χ2n) is 7.32. The van der Waals surface area contributed by atoms with Crippen LogP contribution < -0.4 is 4.90 Å². The number of fused-ring (bicyclic) bond motifs is 1. The predicted octanol–water partition coefficient (Wildman–Crippen LogP) is 1.86. The van der Waals surface area contributed by atoms with E-state index < -0.39 is 10.0 Å². The quantitative estimate of drug-likeness (QED) is 0.713. The highest BCUT2D eigenvalue weighted by Gasteiger charge is 2.31. The monoisotopic (exact) mass is 419 g/mol. The topological polar surface area (TPSA) is 91.1 Å². The molecule has 0 saturated carbocycles. The van der Waals surface area contributed by atoms with Crippen molar-refractivity contribution in [1.29, 1.82) is 0 Å². The lowest BCUT2D eigenvalue weighted by molar-refractivity contribution is -0.130. The molecule has 0 bridgehead atoms. The first-order valence-corrected chi connectivity index (χ1v) is 10.7. The van der Waals surface area contributed by atoms with Gasteiger partial charge in [-0.05, 0) is 49.2 Å². The Kier molecular flexibility index (Phi) is 5.81. The van der Waals surface area contributed by atoms with E-state index in [0.29, 0.717) is 12.2 Å². The van der Waals surface area contributed by atoms with Gasteiger partial charge in [-0.25, -0.2) is 8.42 Å². The molecular weight excluding hydrogens is 394 g/mol. The smallest absolute Gasteiger partial charge is 0.243 e. The molecule has 8 nitrogen and oxygen atoms in total. The Labute approximate surface area is 170 Å². The number of carbonyl (C=O) groups excluding carboxylic acids is 2. The normalized spacial score (nSPS) is 16.2. The van der Waals surface area contributed by atoms with Gasteiger partial charge in [0, 0.05) is 32.7 Å². The van der Waals surface area contributed by atoms with Crippen LogP contribution in [0, 0.1) is 0 Å². The third kappa shape index (κ3) is 4.20. The first-order chi connectivity index (χ1) is 13.6. The lowest BCUT2D eigenvalue weighted by Crippen LogP contribution is -2.39. The molecule has 0 radical (unpaired) electrons. The van der Waals surface area contributed by atoms with Crippen LogP contribution in [0.4, 0.5) is 5.69 Å². The van der Waals surface area contributed by atoms with Crippen LogP contribution in [0.1, 0.15) is 25.2 Å². The third-order valence-electron chi connectivity index (χ3n) is 5.07. The molecule has 0 N–H and O–H groups in total. The summed E-state index contributed by atoms with van der Waals surface area (Å²) in [6, 6.07) is 8.20. The summed E-state index contributed by atoms with van der Waals surface area (Å²) < 4.78 is 32.2. The molecule has 9 heteroatoms. The van der Waals surface area contributed by atoms with E-state index in [-0.39, 0.29) is 35.8 Å². The fraction of sp³-hybridized carbons (Fsp3) is 0.400. The van der Waals surface area contributed by atoms with Gasteiger partial charge in [0.05, 0.1) is 24.2 Å². The summed E-state index contributed by atoms with van der Waals surface area (Å²) in [6.07, 6.45) is 2.11. The zero-order chi connectivity index (χ0) is 21.3. The summed E-state index contributed by atoms with van der Waals surface area (Å²) in [4.78, 5) is 27.5. The first kappa shape index (κ1) is 21.1. The lowest BCUT2D eigenvalue weighted by Gasteiger charge is -2.22. The number of likely N-dealkylation sites (N-methyl/N-ethyl adjacent to an activating group) is 2. The minimum atomic E-state index is -3.85. The predicted molar refractivity (Wildman–Crippen MR) is 108 cm³/mol. The molecule has 1 aliphatic heterocycles. The van der Waals surface area contributed by atoms with Crippen LogP contribution in [0.2, 0.25) is 0 Å². The standard InChI is InChI=1S/C20H25N3O5S/c1-14-10-16-11-18(7-8-19(16)23(14)15(2)24)29(26,27)22(4)13-20(25)21(3)12-17-6-5-9-28-17/h5-9,11,14H,10,12-13H2,1-4H3. The average molecular weight is 420 g/mol. The van der Waals surface area contributed by atoms with Crippen LogP contribution in [-0.2, 0) is 32.6 Å². The van der Waals surface area contributed by atoms with Crippen LogP contribution in [0.3, 0.4) is 0 Å². The fourth-order valence-corrected chi connectivity index (χ4v) is 4.72. The molecule has 29 heavy (non-hydrogen) atoms. The van der Waals surface area contributed by atoms with Gasteiger partial charge in [0.2, 0.25) is 21.8 Å². The molecule has 156 valence electrons. The van der Waals surface area contributed by atoms with E-state index in [1.807, 2.05) is 6.92 Å². The van der Waals surface area contributed by atoms with Crippen molar-refractivity contribution in [3.63, 3.8) is 0 Å². The average Bonchev–Trinajstić information content (AvgIpc) is 3.26. The van der Waals surface area contributed by atoms with Gasteiger partial charge in [0.1, 0.15) is 5.76 Å². The van der Waals surface area contributed by atoms with E-state index >= 15 is 0 Å². The Morgan fingerprint density at radius 1 is 1.24 bits per heavy atom. The van der Waals surface area contributed by atoms with Crippen LogP contribution in [0.25, 0.3) is 0 Å². The Hall–Kier alpha value is -2.65. The Balaban J connectivity index is 1.74. The molecule has 2 amide bonds. The fourth-order valence-electron chi connectivity index (χ4n) is 3.55. The van der Waals surface area contributed by atoms with Gasteiger partial charge in [-0.15, -0.1) is 0 Å². The van der Waals surface area contributed by atoms with Crippen molar-refractivity contribution >= 4 is 27.5 Å². The Morgan fingerprint density at radius 3 is 2.59 bits per heavy atom. The maximum absolute atomic E-state index is 13.0. The molecule has 0 fully saturated rings. The molecule has 1 unspecified atom stereocenters. The minimum absolute atomic E-state index is 0.0185. The maximum Gasteiger partial charge on any atom is 0.243 e. The second kappa shape index (κ2) is 8.00. The Bertz CT molecular complexity index is 1020. The summed E-state index contributed by atoms with van der Waals surface area (Å²) in [6.45, 7) is 3.40. The highest BCUT2D eigenvalue weighted by molar-refractivity contribution is 7.89. The van der Waals surface area contributed by atoms with E-state index in [1.54, 1.807) is 36.2 Å². The second-order valence-corrected chi connectivity index (χ2v) is 9.37. The van der Waals surface area contributed by atoms with Crippen LogP contribution >= 0.6 is 0 Å². The van der Waals surface area contributed by atoms with Crippen LogP contribution in [0.5, 0.6) is 0 Å². The van der Waals surface area contributed by atoms with Gasteiger partial charge in [-0.3, -0.25) is 9.59 Å². The number of rotatable bonds is 6. The van der Waals surface area contributed by atoms with E-state index in [9.17, 15) is 18.0 Å². The highest BCUT2D eigenvalue weighted by atomic mass is 32.2. The number of carbonyl (C=O) groups is 2. The molecule has 3 rings (SSSR count). The zero-order valence-electron chi connectivity index (χ0n) is 17.0. The zero-order valence-corrected chi connectivity index (χ0v) is 17.8. The number of hydrogen-bond donors (Lipinski definition) is 0. The van der Waals surface area contributed by atoms with Crippen LogP contribution in [-0.4, -0.2) is 56.1 Å². The molecule has 0 spiro atoms. The third-order valence-corrected chi connectivity index (χ3v) is 6.87. The number of benzene rings is 1. The summed E-state index contributed by atoms with van der Waals surface area (Å²) >= 11 is 0. The molecule has 0 saturated heterocycles. The van der Waals surface area contributed by atoms with Crippen molar-refractivity contribution in [2.24, 2.45) is 0 Å².